The largest absolute Gasteiger partial charge is 0.355 e. The fraction of sp³-hybridized carbons (Fsp3) is 0.250. The third kappa shape index (κ3) is 5.70. The molecule has 0 saturated carbocycles. The van der Waals surface area contributed by atoms with E-state index in [-0.39, 0.29) is 18.4 Å². The summed E-state index contributed by atoms with van der Waals surface area (Å²) in [5, 5.41) is 3.00. The quantitative estimate of drug-likeness (QED) is 0.417. The molecule has 0 radical (unpaired) electrons. The Morgan fingerprint density at radius 1 is 0.941 bits per heavy atom. The molecule has 1 N–H and O–H groups in total. The fourth-order valence-corrected chi connectivity index (χ4v) is 4.05. The molecule has 0 saturated heterocycles. The van der Waals surface area contributed by atoms with Crippen molar-refractivity contribution in [2.24, 2.45) is 0 Å². The average molecular weight is 455 g/mol. The van der Waals surface area contributed by atoms with E-state index in [1.807, 2.05) is 97.4 Å². The van der Waals surface area contributed by atoms with Crippen LogP contribution < -0.4 is 5.32 Å². The van der Waals surface area contributed by atoms with Crippen LogP contribution in [0.15, 0.2) is 78.9 Å². The lowest BCUT2D eigenvalue weighted by molar-refractivity contribution is -0.131. The van der Waals surface area contributed by atoms with E-state index in [0.29, 0.717) is 25.9 Å². The van der Waals surface area contributed by atoms with Crippen LogP contribution in [0.2, 0.25) is 0 Å². The highest BCUT2D eigenvalue weighted by atomic mass is 16.2. The van der Waals surface area contributed by atoms with Gasteiger partial charge in [0.05, 0.1) is 17.5 Å². The third-order valence-electron chi connectivity index (χ3n) is 6.00. The second-order valence-corrected chi connectivity index (χ2v) is 8.54. The second kappa shape index (κ2) is 10.8. The Morgan fingerprint density at radius 3 is 2.44 bits per heavy atom. The maximum atomic E-state index is 13.0. The first-order valence-electron chi connectivity index (χ1n) is 11.5. The number of aryl methyl sites for hydroxylation is 1. The van der Waals surface area contributed by atoms with Crippen LogP contribution in [0.4, 0.5) is 0 Å². The van der Waals surface area contributed by atoms with Crippen LogP contribution in [-0.4, -0.2) is 39.9 Å². The smallest absolute Gasteiger partial charge is 0.242 e. The van der Waals surface area contributed by atoms with E-state index in [9.17, 15) is 9.59 Å². The molecule has 0 unspecified atom stereocenters. The van der Waals surface area contributed by atoms with Gasteiger partial charge in [0, 0.05) is 26.6 Å². The highest BCUT2D eigenvalue weighted by Gasteiger charge is 2.16. The van der Waals surface area contributed by atoms with Crippen molar-refractivity contribution in [1.82, 2.24) is 19.8 Å². The van der Waals surface area contributed by atoms with Crippen LogP contribution >= 0.6 is 0 Å². The van der Waals surface area contributed by atoms with Gasteiger partial charge in [0.25, 0.3) is 0 Å². The maximum Gasteiger partial charge on any atom is 0.242 e. The summed E-state index contributed by atoms with van der Waals surface area (Å²) in [5.41, 5.74) is 5.00. The van der Waals surface area contributed by atoms with Crippen molar-refractivity contribution in [3.05, 3.63) is 101 Å². The monoisotopic (exact) mass is 454 g/mol. The molecule has 4 aromatic rings. The first-order valence-corrected chi connectivity index (χ1v) is 11.5. The van der Waals surface area contributed by atoms with Crippen molar-refractivity contribution in [2.45, 2.75) is 32.9 Å². The topological polar surface area (TPSA) is 67.2 Å². The van der Waals surface area contributed by atoms with Crippen molar-refractivity contribution in [3.8, 4) is 0 Å². The van der Waals surface area contributed by atoms with Gasteiger partial charge in [-0.1, -0.05) is 66.7 Å². The summed E-state index contributed by atoms with van der Waals surface area (Å²) in [6.45, 7) is 3.23. The number of carbonyl (C=O) groups is 2. The molecule has 0 aliphatic rings. The maximum absolute atomic E-state index is 13.0. The van der Waals surface area contributed by atoms with Gasteiger partial charge >= 0.3 is 0 Å². The minimum atomic E-state index is -0.0179. The Balaban J connectivity index is 1.42. The summed E-state index contributed by atoms with van der Waals surface area (Å²) < 4.78 is 1.96. The van der Waals surface area contributed by atoms with Crippen molar-refractivity contribution >= 4 is 22.8 Å². The molecule has 2 amide bonds. The molecule has 4 rings (SSSR count). The van der Waals surface area contributed by atoms with Gasteiger partial charge < -0.3 is 14.8 Å². The molecule has 0 bridgehead atoms. The normalized spacial score (nSPS) is 10.9. The lowest BCUT2D eigenvalue weighted by Crippen LogP contribution is -2.31. The number of likely N-dealkylation sites (N-methyl/N-ethyl adjacent to an activating group) is 1. The van der Waals surface area contributed by atoms with E-state index in [1.54, 1.807) is 4.90 Å². The van der Waals surface area contributed by atoms with E-state index in [4.69, 9.17) is 4.98 Å². The number of hydrogen-bond donors (Lipinski definition) is 1. The van der Waals surface area contributed by atoms with Crippen LogP contribution in [-0.2, 0) is 35.5 Å². The van der Waals surface area contributed by atoms with Gasteiger partial charge in [0.1, 0.15) is 12.4 Å². The first-order chi connectivity index (χ1) is 16.5. The highest BCUT2D eigenvalue weighted by Crippen LogP contribution is 2.17. The number of para-hydroxylation sites is 2. The number of benzene rings is 3. The van der Waals surface area contributed by atoms with Gasteiger partial charge in [-0.2, -0.15) is 0 Å². The minimum Gasteiger partial charge on any atom is -0.355 e. The van der Waals surface area contributed by atoms with Crippen molar-refractivity contribution in [2.75, 3.05) is 13.6 Å². The Kier molecular flexibility index (Phi) is 7.38. The van der Waals surface area contributed by atoms with Crippen molar-refractivity contribution in [3.63, 3.8) is 0 Å². The minimum absolute atomic E-state index is 0.0110. The summed E-state index contributed by atoms with van der Waals surface area (Å²) >= 11 is 0. The number of imidazole rings is 1. The molecule has 0 aliphatic carbocycles. The molecule has 0 spiro atoms. The molecule has 1 aromatic heterocycles. The van der Waals surface area contributed by atoms with Crippen LogP contribution in [0.1, 0.15) is 22.5 Å². The summed E-state index contributed by atoms with van der Waals surface area (Å²) in [6.07, 6.45) is 0.899. The molecular formula is C28H30N4O2. The van der Waals surface area contributed by atoms with E-state index < -0.39 is 0 Å². The number of rotatable bonds is 9. The van der Waals surface area contributed by atoms with E-state index in [2.05, 4.69) is 5.32 Å². The molecule has 174 valence electrons. The number of nitrogens with one attached hydrogen (secondary N) is 1. The van der Waals surface area contributed by atoms with Gasteiger partial charge in [-0.3, -0.25) is 9.59 Å². The number of hydrogen-bond acceptors (Lipinski definition) is 3. The predicted octanol–water partition coefficient (Wildman–Crippen LogP) is 3.90. The molecule has 1 heterocycles. The summed E-state index contributed by atoms with van der Waals surface area (Å²) in [5.74, 6) is 0.784. The predicted molar refractivity (Wildman–Crippen MR) is 134 cm³/mol. The Bertz CT molecular complexity index is 1280. The van der Waals surface area contributed by atoms with Gasteiger partial charge in [0.2, 0.25) is 11.8 Å². The lowest BCUT2D eigenvalue weighted by atomic mass is 10.1. The van der Waals surface area contributed by atoms with Crippen LogP contribution in [0.25, 0.3) is 11.0 Å². The molecule has 34 heavy (non-hydrogen) atoms. The number of fused-ring (bicyclic) bond motifs is 1. The number of nitrogens with zero attached hydrogens (tertiary/aromatic N) is 3. The Labute approximate surface area is 200 Å². The number of aromatic nitrogens is 2. The molecule has 0 atom stereocenters. The van der Waals surface area contributed by atoms with Gasteiger partial charge in [-0.25, -0.2) is 4.98 Å². The average Bonchev–Trinajstić information content (AvgIpc) is 3.18. The lowest BCUT2D eigenvalue weighted by Gasteiger charge is -2.19. The molecule has 0 aliphatic heterocycles. The SMILES string of the molecule is Cc1ccccc1CC(=O)NCCc1nc2ccccc2n1CC(=O)N(C)Cc1ccccc1. The second-order valence-electron chi connectivity index (χ2n) is 8.54. The van der Waals surface area contributed by atoms with Gasteiger partial charge in [0.15, 0.2) is 0 Å². The van der Waals surface area contributed by atoms with Crippen LogP contribution in [0.3, 0.4) is 0 Å². The standard InChI is InChI=1S/C28H30N4O2/c1-21-10-6-7-13-23(21)18-27(33)29-17-16-26-30-24-14-8-9-15-25(24)32(26)20-28(34)31(2)19-22-11-4-3-5-12-22/h3-15H,16-20H2,1-2H3,(H,29,33). The zero-order valence-corrected chi connectivity index (χ0v) is 19.7. The fourth-order valence-electron chi connectivity index (χ4n) is 4.05. The zero-order chi connectivity index (χ0) is 23.9. The Hall–Kier alpha value is -3.93. The van der Waals surface area contributed by atoms with E-state index in [1.165, 1.54) is 0 Å². The number of carbonyl (C=O) groups excluding carboxylic acids is 2. The van der Waals surface area contributed by atoms with Crippen molar-refractivity contribution in [1.29, 1.82) is 0 Å². The summed E-state index contributed by atoms with van der Waals surface area (Å²) in [6, 6.07) is 25.7. The van der Waals surface area contributed by atoms with E-state index in [0.717, 1.165) is 33.5 Å². The summed E-state index contributed by atoms with van der Waals surface area (Å²) in [4.78, 5) is 32.0. The number of amides is 2. The third-order valence-corrected chi connectivity index (χ3v) is 6.00. The van der Waals surface area contributed by atoms with Crippen LogP contribution in [0.5, 0.6) is 0 Å². The van der Waals surface area contributed by atoms with Gasteiger partial charge in [-0.05, 0) is 35.7 Å². The molecule has 6 nitrogen and oxygen atoms in total. The van der Waals surface area contributed by atoms with Gasteiger partial charge in [-0.15, -0.1) is 0 Å². The molecule has 0 fully saturated rings. The zero-order valence-electron chi connectivity index (χ0n) is 19.7. The highest BCUT2D eigenvalue weighted by molar-refractivity contribution is 5.81. The first kappa shape index (κ1) is 23.2. The molecule has 3 aromatic carbocycles. The van der Waals surface area contributed by atoms with E-state index >= 15 is 0 Å². The van der Waals surface area contributed by atoms with Crippen LogP contribution in [0, 0.1) is 6.92 Å². The molecular weight excluding hydrogens is 424 g/mol. The van der Waals surface area contributed by atoms with Crippen molar-refractivity contribution < 1.29 is 9.59 Å². The summed E-state index contributed by atoms with van der Waals surface area (Å²) in [7, 11) is 1.82. The molecule has 6 heteroatoms. The Morgan fingerprint density at radius 2 is 1.65 bits per heavy atom.